The van der Waals surface area contributed by atoms with Gasteiger partial charge in [-0.3, -0.25) is 5.32 Å². The van der Waals surface area contributed by atoms with Gasteiger partial charge >= 0.3 is 6.18 Å². The van der Waals surface area contributed by atoms with E-state index in [1.165, 1.54) is 13.0 Å². The van der Waals surface area contributed by atoms with Gasteiger partial charge in [0.25, 0.3) is 0 Å². The predicted molar refractivity (Wildman–Crippen MR) is 58.3 cm³/mol. The SMILES string of the molecule is CC(F)NC(C)Cc1cccc(C(F)(F)F)c1. The summed E-state index contributed by atoms with van der Waals surface area (Å²) in [6.45, 7) is 3.08. The third-order valence-electron chi connectivity index (χ3n) is 2.31. The maximum atomic E-state index is 12.6. The predicted octanol–water partition coefficient (Wildman–Crippen LogP) is 3.54. The van der Waals surface area contributed by atoms with Gasteiger partial charge in [-0.2, -0.15) is 13.2 Å². The Morgan fingerprint density at radius 2 is 1.88 bits per heavy atom. The molecule has 96 valence electrons. The summed E-state index contributed by atoms with van der Waals surface area (Å²) in [6.07, 6.45) is -5.14. The average Bonchev–Trinajstić information content (AvgIpc) is 2.15. The molecule has 0 radical (unpaired) electrons. The minimum absolute atomic E-state index is 0.210. The highest BCUT2D eigenvalue weighted by Gasteiger charge is 2.30. The van der Waals surface area contributed by atoms with Crippen LogP contribution in [-0.4, -0.2) is 12.3 Å². The van der Waals surface area contributed by atoms with Crippen LogP contribution in [0, 0.1) is 0 Å². The Morgan fingerprint density at radius 3 is 2.41 bits per heavy atom. The molecule has 17 heavy (non-hydrogen) atoms. The van der Waals surface area contributed by atoms with Crippen molar-refractivity contribution in [2.75, 3.05) is 0 Å². The summed E-state index contributed by atoms with van der Waals surface area (Å²) in [5, 5.41) is 2.60. The highest BCUT2D eigenvalue weighted by molar-refractivity contribution is 5.26. The van der Waals surface area contributed by atoms with Crippen LogP contribution in [0.15, 0.2) is 24.3 Å². The molecule has 1 aromatic rings. The molecule has 0 saturated carbocycles. The Labute approximate surface area is 97.8 Å². The highest BCUT2D eigenvalue weighted by atomic mass is 19.4. The zero-order valence-corrected chi connectivity index (χ0v) is 9.68. The zero-order chi connectivity index (χ0) is 13.1. The molecule has 0 bridgehead atoms. The lowest BCUT2D eigenvalue weighted by atomic mass is 10.0. The lowest BCUT2D eigenvalue weighted by Gasteiger charge is -2.15. The summed E-state index contributed by atoms with van der Waals surface area (Å²) in [5.74, 6) is 0. The van der Waals surface area contributed by atoms with E-state index in [4.69, 9.17) is 0 Å². The summed E-state index contributed by atoms with van der Waals surface area (Å²) in [5.41, 5.74) is -0.129. The first-order valence-electron chi connectivity index (χ1n) is 5.35. The molecule has 0 amide bonds. The molecular weight excluding hydrogens is 234 g/mol. The van der Waals surface area contributed by atoms with E-state index in [0.717, 1.165) is 12.1 Å². The lowest BCUT2D eigenvalue weighted by molar-refractivity contribution is -0.137. The molecule has 1 aromatic carbocycles. The second-order valence-corrected chi connectivity index (χ2v) is 4.09. The van der Waals surface area contributed by atoms with E-state index in [0.29, 0.717) is 12.0 Å². The fraction of sp³-hybridized carbons (Fsp3) is 0.500. The van der Waals surface area contributed by atoms with Crippen LogP contribution in [0.5, 0.6) is 0 Å². The van der Waals surface area contributed by atoms with Crippen molar-refractivity contribution in [1.29, 1.82) is 0 Å². The van der Waals surface area contributed by atoms with Crippen molar-refractivity contribution in [3.63, 3.8) is 0 Å². The smallest absolute Gasteiger partial charge is 0.285 e. The molecule has 0 saturated heterocycles. The van der Waals surface area contributed by atoms with Crippen LogP contribution in [0.3, 0.4) is 0 Å². The molecule has 1 nitrogen and oxygen atoms in total. The molecular formula is C12H15F4N. The fourth-order valence-electron chi connectivity index (χ4n) is 1.68. The number of halogens is 4. The molecule has 0 aromatic heterocycles. The van der Waals surface area contributed by atoms with Crippen LogP contribution in [0.4, 0.5) is 17.6 Å². The van der Waals surface area contributed by atoms with Crippen molar-refractivity contribution >= 4 is 0 Å². The minimum atomic E-state index is -4.33. The normalized spacial score (nSPS) is 15.6. The molecule has 2 atom stereocenters. The first-order chi connectivity index (χ1) is 7.79. The monoisotopic (exact) mass is 249 g/mol. The van der Waals surface area contributed by atoms with Crippen molar-refractivity contribution in [1.82, 2.24) is 5.32 Å². The van der Waals surface area contributed by atoms with Gasteiger partial charge in [-0.25, -0.2) is 4.39 Å². The van der Waals surface area contributed by atoms with Gasteiger partial charge in [0.1, 0.15) is 6.30 Å². The van der Waals surface area contributed by atoms with Gasteiger partial charge in [0.2, 0.25) is 0 Å². The van der Waals surface area contributed by atoms with E-state index < -0.39 is 18.0 Å². The van der Waals surface area contributed by atoms with Crippen LogP contribution in [0.25, 0.3) is 0 Å². The first-order valence-corrected chi connectivity index (χ1v) is 5.35. The molecule has 1 rings (SSSR count). The molecule has 0 spiro atoms. The summed E-state index contributed by atoms with van der Waals surface area (Å²) in [6, 6.07) is 4.89. The zero-order valence-electron chi connectivity index (χ0n) is 9.68. The lowest BCUT2D eigenvalue weighted by Crippen LogP contribution is -2.33. The van der Waals surface area contributed by atoms with Crippen LogP contribution in [-0.2, 0) is 12.6 Å². The number of nitrogens with one attached hydrogen (secondary N) is 1. The van der Waals surface area contributed by atoms with Gasteiger partial charge < -0.3 is 0 Å². The minimum Gasteiger partial charge on any atom is -0.285 e. The van der Waals surface area contributed by atoms with Gasteiger partial charge in [-0.1, -0.05) is 18.2 Å². The van der Waals surface area contributed by atoms with E-state index >= 15 is 0 Å². The Kier molecular flexibility index (Phi) is 4.51. The highest BCUT2D eigenvalue weighted by Crippen LogP contribution is 2.29. The van der Waals surface area contributed by atoms with Gasteiger partial charge in [-0.15, -0.1) is 0 Å². The number of hydrogen-bond acceptors (Lipinski definition) is 1. The molecule has 1 N–H and O–H groups in total. The van der Waals surface area contributed by atoms with Crippen LogP contribution in [0.2, 0.25) is 0 Å². The van der Waals surface area contributed by atoms with Gasteiger partial charge in [-0.05, 0) is 31.9 Å². The van der Waals surface area contributed by atoms with E-state index in [-0.39, 0.29) is 6.04 Å². The number of rotatable bonds is 4. The Bertz CT molecular complexity index is 360. The number of hydrogen-bond donors (Lipinski definition) is 1. The van der Waals surface area contributed by atoms with Crippen molar-refractivity contribution in [3.8, 4) is 0 Å². The fourth-order valence-corrected chi connectivity index (χ4v) is 1.68. The molecule has 5 heteroatoms. The summed E-state index contributed by atoms with van der Waals surface area (Å²) < 4.78 is 50.0. The van der Waals surface area contributed by atoms with E-state index in [9.17, 15) is 17.6 Å². The van der Waals surface area contributed by atoms with Crippen LogP contribution in [0.1, 0.15) is 25.0 Å². The Morgan fingerprint density at radius 1 is 1.24 bits per heavy atom. The van der Waals surface area contributed by atoms with Crippen molar-refractivity contribution < 1.29 is 17.6 Å². The average molecular weight is 249 g/mol. The van der Waals surface area contributed by atoms with Gasteiger partial charge in [0, 0.05) is 6.04 Å². The second-order valence-electron chi connectivity index (χ2n) is 4.09. The van der Waals surface area contributed by atoms with E-state index in [2.05, 4.69) is 5.32 Å². The topological polar surface area (TPSA) is 12.0 Å². The molecule has 0 aliphatic rings. The molecule has 0 fully saturated rings. The molecule has 0 heterocycles. The maximum absolute atomic E-state index is 12.6. The summed E-state index contributed by atoms with van der Waals surface area (Å²) in [7, 11) is 0. The standard InChI is InChI=1S/C12H15F4N/c1-8(17-9(2)13)6-10-4-3-5-11(7-10)12(14,15)16/h3-5,7-9,17H,6H2,1-2H3. The molecule has 0 aliphatic heterocycles. The van der Waals surface area contributed by atoms with Crippen LogP contribution < -0.4 is 5.32 Å². The first kappa shape index (κ1) is 14.0. The van der Waals surface area contributed by atoms with Crippen molar-refractivity contribution in [2.45, 2.75) is 38.8 Å². The van der Waals surface area contributed by atoms with Crippen molar-refractivity contribution in [3.05, 3.63) is 35.4 Å². The van der Waals surface area contributed by atoms with Gasteiger partial charge in [0.15, 0.2) is 0 Å². The van der Waals surface area contributed by atoms with Crippen LogP contribution >= 0.6 is 0 Å². The third-order valence-corrected chi connectivity index (χ3v) is 2.31. The summed E-state index contributed by atoms with van der Waals surface area (Å²) >= 11 is 0. The van der Waals surface area contributed by atoms with E-state index in [1.807, 2.05) is 0 Å². The van der Waals surface area contributed by atoms with Crippen molar-refractivity contribution in [2.24, 2.45) is 0 Å². The second kappa shape index (κ2) is 5.49. The van der Waals surface area contributed by atoms with Gasteiger partial charge in [0.05, 0.1) is 5.56 Å². The Hall–Kier alpha value is -1.10. The largest absolute Gasteiger partial charge is 0.416 e. The quantitative estimate of drug-likeness (QED) is 0.635. The maximum Gasteiger partial charge on any atom is 0.416 e. The third kappa shape index (κ3) is 4.73. The Balaban J connectivity index is 2.72. The van der Waals surface area contributed by atoms with E-state index in [1.54, 1.807) is 13.0 Å². The molecule has 0 aliphatic carbocycles. The number of benzene rings is 1. The number of alkyl halides is 4. The molecule has 2 unspecified atom stereocenters. The summed E-state index contributed by atoms with van der Waals surface area (Å²) in [4.78, 5) is 0.